The van der Waals surface area contributed by atoms with E-state index in [2.05, 4.69) is 10.6 Å². The van der Waals surface area contributed by atoms with Crippen LogP contribution in [0.5, 0.6) is 11.5 Å². The summed E-state index contributed by atoms with van der Waals surface area (Å²) < 4.78 is 10.7. The quantitative estimate of drug-likeness (QED) is 0.161. The number of carbonyl (C=O) groups is 3. The van der Waals surface area contributed by atoms with Crippen molar-refractivity contribution < 1.29 is 23.9 Å². The Kier molecular flexibility index (Phi) is 8.15. The lowest BCUT2D eigenvalue weighted by Crippen LogP contribution is -2.68. The van der Waals surface area contributed by atoms with Crippen molar-refractivity contribution in [2.45, 2.75) is 11.8 Å². The molecule has 2 fully saturated rings. The summed E-state index contributed by atoms with van der Waals surface area (Å²) in [5, 5.41) is 5.41. The van der Waals surface area contributed by atoms with Crippen molar-refractivity contribution in [3.8, 4) is 11.5 Å². The largest absolute Gasteiger partial charge is 0.497 e. The Hall–Kier alpha value is -5.34. The van der Waals surface area contributed by atoms with E-state index in [0.717, 1.165) is 0 Å². The average molecular weight is 615 g/mol. The summed E-state index contributed by atoms with van der Waals surface area (Å²) in [6.45, 7) is 0. The highest BCUT2D eigenvalue weighted by atomic mass is 32.1. The van der Waals surface area contributed by atoms with E-state index in [1.807, 2.05) is 84.9 Å². The van der Waals surface area contributed by atoms with Gasteiger partial charge in [-0.25, -0.2) is 0 Å². The number of Topliss-reactive ketones (excluding diaryl/α,β-unsaturated/α-hetero) is 1. The molecule has 0 aromatic heterocycles. The van der Waals surface area contributed by atoms with Gasteiger partial charge in [0.1, 0.15) is 11.5 Å². The molecule has 2 atom stereocenters. The number of ether oxygens (including phenoxy) is 2. The maximum absolute atomic E-state index is 15.0. The monoisotopic (exact) mass is 614 g/mol. The molecule has 1 aliphatic heterocycles. The number of methoxy groups -OCH3 is 2. The smallest absolute Gasteiger partial charge is 0.243 e. The molecule has 4 aromatic carbocycles. The van der Waals surface area contributed by atoms with Crippen LogP contribution >= 0.6 is 12.2 Å². The van der Waals surface area contributed by atoms with E-state index in [4.69, 9.17) is 21.7 Å². The minimum Gasteiger partial charge on any atom is -0.497 e. The highest BCUT2D eigenvalue weighted by Gasteiger charge is 2.66. The number of nitrogens with one attached hydrogen (secondary N) is 2. The number of hydrogen-bond donors (Lipinski definition) is 2. The Balaban J connectivity index is 1.70. The Morgan fingerprint density at radius 1 is 0.600 bits per heavy atom. The molecule has 224 valence electrons. The molecule has 2 unspecified atom stereocenters. The van der Waals surface area contributed by atoms with Gasteiger partial charge in [0.25, 0.3) is 0 Å². The number of rotatable bonds is 6. The van der Waals surface area contributed by atoms with Crippen LogP contribution in [0.25, 0.3) is 12.2 Å². The molecule has 1 spiro atoms. The Bertz CT molecular complexity index is 1700. The minimum absolute atomic E-state index is 0.0764. The highest BCUT2D eigenvalue weighted by molar-refractivity contribution is 7.80. The molecule has 1 saturated carbocycles. The predicted octanol–water partition coefficient (Wildman–Crippen LogP) is 5.84. The molecule has 0 bridgehead atoms. The van der Waals surface area contributed by atoms with Crippen LogP contribution in [-0.4, -0.2) is 36.9 Å². The molecule has 6 rings (SSSR count). The number of thiocarbonyl (C=S) groups is 1. The van der Waals surface area contributed by atoms with Crippen LogP contribution in [-0.2, 0) is 14.4 Å². The van der Waals surface area contributed by atoms with Crippen LogP contribution in [0.4, 0.5) is 0 Å². The fourth-order valence-corrected chi connectivity index (χ4v) is 6.58. The second-order valence-corrected chi connectivity index (χ2v) is 11.3. The molecular formula is C37H30N2O5S. The summed E-state index contributed by atoms with van der Waals surface area (Å²) in [6.07, 6.45) is 3.52. The SMILES string of the molecule is COc1ccc(/C=C2/C(=O)/C(=C/c3ccc(OC)cc3)C(c3ccccc3)C3(C(=O)NC(=S)NC3=O)C2c2ccccc2)cc1. The van der Waals surface area contributed by atoms with Gasteiger partial charge in [-0.1, -0.05) is 84.9 Å². The molecule has 45 heavy (non-hydrogen) atoms. The van der Waals surface area contributed by atoms with Crippen LogP contribution < -0.4 is 20.1 Å². The van der Waals surface area contributed by atoms with Crippen LogP contribution in [0.15, 0.2) is 120 Å². The normalized spacial score (nSPS) is 21.0. The zero-order valence-corrected chi connectivity index (χ0v) is 25.5. The third kappa shape index (κ3) is 5.34. The van der Waals surface area contributed by atoms with E-state index >= 15 is 0 Å². The Morgan fingerprint density at radius 3 is 1.33 bits per heavy atom. The van der Waals surface area contributed by atoms with Crippen molar-refractivity contribution >= 4 is 47.1 Å². The van der Waals surface area contributed by atoms with Crippen molar-refractivity contribution in [2.75, 3.05) is 14.2 Å². The van der Waals surface area contributed by atoms with Gasteiger partial charge in [-0.15, -0.1) is 0 Å². The topological polar surface area (TPSA) is 93.7 Å². The highest BCUT2D eigenvalue weighted by Crippen LogP contribution is 2.59. The van der Waals surface area contributed by atoms with Gasteiger partial charge < -0.3 is 20.1 Å². The summed E-state index contributed by atoms with van der Waals surface area (Å²) >= 11 is 5.28. The van der Waals surface area contributed by atoms with Crippen LogP contribution in [0.3, 0.4) is 0 Å². The maximum Gasteiger partial charge on any atom is 0.243 e. The molecule has 2 aliphatic rings. The maximum atomic E-state index is 15.0. The fourth-order valence-electron chi connectivity index (χ4n) is 6.39. The van der Waals surface area contributed by atoms with Gasteiger partial charge in [-0.3, -0.25) is 14.4 Å². The average Bonchev–Trinajstić information content (AvgIpc) is 3.07. The molecule has 8 heteroatoms. The Labute approximate surface area is 266 Å². The minimum atomic E-state index is -1.82. The van der Waals surface area contributed by atoms with Gasteiger partial charge in [0.05, 0.1) is 14.2 Å². The number of allylic oxidation sites excluding steroid dienone is 2. The van der Waals surface area contributed by atoms with Gasteiger partial charge in [0, 0.05) is 23.0 Å². The summed E-state index contributed by atoms with van der Waals surface area (Å²) in [5.74, 6) is -2.03. The van der Waals surface area contributed by atoms with Crippen molar-refractivity contribution in [2.24, 2.45) is 5.41 Å². The Morgan fingerprint density at radius 2 is 0.978 bits per heavy atom. The van der Waals surface area contributed by atoms with Gasteiger partial charge >= 0.3 is 0 Å². The molecule has 2 N–H and O–H groups in total. The lowest BCUT2D eigenvalue weighted by Gasteiger charge is -2.50. The van der Waals surface area contributed by atoms with E-state index in [0.29, 0.717) is 44.9 Å². The van der Waals surface area contributed by atoms with Crippen molar-refractivity contribution in [3.05, 3.63) is 143 Å². The van der Waals surface area contributed by atoms with Gasteiger partial charge in [-0.2, -0.15) is 0 Å². The molecule has 2 amide bonds. The van der Waals surface area contributed by atoms with Crippen molar-refractivity contribution in [1.82, 2.24) is 10.6 Å². The molecule has 1 aliphatic carbocycles. The second kappa shape index (κ2) is 12.3. The summed E-state index contributed by atoms with van der Waals surface area (Å²) in [5.41, 5.74) is 1.50. The van der Waals surface area contributed by atoms with Crippen LogP contribution in [0.1, 0.15) is 34.1 Å². The molecule has 1 heterocycles. The van der Waals surface area contributed by atoms with Gasteiger partial charge in [0.15, 0.2) is 16.3 Å². The van der Waals surface area contributed by atoms with E-state index in [9.17, 15) is 14.4 Å². The van der Waals surface area contributed by atoms with E-state index < -0.39 is 29.1 Å². The first-order valence-electron chi connectivity index (χ1n) is 14.4. The van der Waals surface area contributed by atoms with E-state index in [1.54, 1.807) is 50.6 Å². The zero-order chi connectivity index (χ0) is 31.6. The van der Waals surface area contributed by atoms with Crippen LogP contribution in [0, 0.1) is 5.41 Å². The number of hydrogen-bond acceptors (Lipinski definition) is 6. The zero-order valence-electron chi connectivity index (χ0n) is 24.7. The number of carbonyl (C=O) groups excluding carboxylic acids is 3. The summed E-state index contributed by atoms with van der Waals surface area (Å²) in [7, 11) is 3.16. The number of benzene rings is 4. The first-order chi connectivity index (χ1) is 21.9. The first-order valence-corrected chi connectivity index (χ1v) is 14.8. The standard InChI is InChI=1S/C37H30N2O5S/c1-43-27-17-13-23(14-18-27)21-29-31(25-9-5-3-6-10-25)37(34(41)38-36(45)39-35(37)42)32(26-11-7-4-8-12-26)30(33(29)40)22-24-15-19-28(44-2)20-16-24/h3-22,31-32H,1-2H3,(H2,38,39,41,42,45)/b29-21+,30-22+. The van der Waals surface area contributed by atoms with Crippen LogP contribution in [0.2, 0.25) is 0 Å². The molecule has 1 saturated heterocycles. The van der Waals surface area contributed by atoms with Crippen molar-refractivity contribution in [3.63, 3.8) is 0 Å². The summed E-state index contributed by atoms with van der Waals surface area (Å²) in [4.78, 5) is 44.1. The molecule has 4 aromatic rings. The molecular weight excluding hydrogens is 584 g/mol. The van der Waals surface area contributed by atoms with E-state index in [-0.39, 0.29) is 10.9 Å². The molecule has 0 radical (unpaired) electrons. The third-order valence-electron chi connectivity index (χ3n) is 8.40. The fraction of sp³-hybridized carbons (Fsp3) is 0.135. The van der Waals surface area contributed by atoms with Crippen molar-refractivity contribution in [1.29, 1.82) is 0 Å². The number of amides is 2. The van der Waals surface area contributed by atoms with Gasteiger partial charge in [0.2, 0.25) is 11.8 Å². The molecule has 7 nitrogen and oxygen atoms in total. The number of ketones is 1. The summed E-state index contributed by atoms with van der Waals surface area (Å²) in [6, 6.07) is 32.9. The first kappa shape index (κ1) is 29.7. The lowest BCUT2D eigenvalue weighted by molar-refractivity contribution is -0.147. The van der Waals surface area contributed by atoms with E-state index in [1.165, 1.54) is 0 Å². The van der Waals surface area contributed by atoms with Gasteiger partial charge in [-0.05, 0) is 70.9 Å². The predicted molar refractivity (Wildman–Crippen MR) is 177 cm³/mol. The lowest BCUT2D eigenvalue weighted by atomic mass is 9.51. The third-order valence-corrected chi connectivity index (χ3v) is 8.61. The second-order valence-electron chi connectivity index (χ2n) is 10.9.